The number of carbonyl (C=O) groups is 3. The third kappa shape index (κ3) is 7.84. The average Bonchev–Trinajstić information content (AvgIpc) is 3.35. The summed E-state index contributed by atoms with van der Waals surface area (Å²) in [5, 5.41) is 28.5. The molecule has 0 radical (unpaired) electrons. The number of carboxylic acid groups (broad SMARTS) is 2. The molecule has 1 saturated heterocycles. The third-order valence-electron chi connectivity index (χ3n) is 9.06. The SMILES string of the molecule is CC(C)(C)C[C@@H]1N[C@@H](C(=O)Nc2ccc(C(=O)O)cc2)[C@H](c2cccc(Cl)c2F)[C@@]1(CNCc1cccc(C(=O)O)c1)c1ccc(Cl)cc1F. The molecular formula is C38H37Cl2F2N3O5. The smallest absolute Gasteiger partial charge is 0.335 e. The van der Waals surface area contributed by atoms with Gasteiger partial charge in [0.05, 0.1) is 22.2 Å². The summed E-state index contributed by atoms with van der Waals surface area (Å²) in [4.78, 5) is 37.4. The molecule has 1 heterocycles. The van der Waals surface area contributed by atoms with Crippen LogP contribution in [0.3, 0.4) is 0 Å². The Labute approximate surface area is 298 Å². The van der Waals surface area contributed by atoms with Crippen LogP contribution >= 0.6 is 23.2 Å². The molecule has 5 rings (SSSR count). The summed E-state index contributed by atoms with van der Waals surface area (Å²) in [6.07, 6.45) is 0.418. The molecule has 1 amide bonds. The van der Waals surface area contributed by atoms with Crippen LogP contribution in [0.15, 0.2) is 84.9 Å². The van der Waals surface area contributed by atoms with Crippen LogP contribution in [-0.2, 0) is 16.8 Å². The van der Waals surface area contributed by atoms with Gasteiger partial charge in [-0.05, 0) is 83.1 Å². The second-order valence-electron chi connectivity index (χ2n) is 13.7. The molecular weight excluding hydrogens is 687 g/mol. The van der Waals surface area contributed by atoms with Gasteiger partial charge in [-0.25, -0.2) is 18.4 Å². The molecule has 4 atom stereocenters. The number of carboxylic acids is 2. The second-order valence-corrected chi connectivity index (χ2v) is 14.6. The molecule has 1 fully saturated rings. The van der Waals surface area contributed by atoms with Crippen LogP contribution in [0, 0.1) is 17.0 Å². The normalized spacial score (nSPS) is 20.4. The monoisotopic (exact) mass is 723 g/mol. The van der Waals surface area contributed by atoms with Gasteiger partial charge in [-0.15, -0.1) is 0 Å². The van der Waals surface area contributed by atoms with Crippen LogP contribution in [0.4, 0.5) is 14.5 Å². The van der Waals surface area contributed by atoms with Crippen LogP contribution in [-0.4, -0.2) is 46.7 Å². The number of carbonyl (C=O) groups excluding carboxylic acids is 1. The highest BCUT2D eigenvalue weighted by atomic mass is 35.5. The molecule has 0 aliphatic carbocycles. The first-order valence-electron chi connectivity index (χ1n) is 15.9. The van der Waals surface area contributed by atoms with Crippen molar-refractivity contribution in [1.82, 2.24) is 10.6 Å². The molecule has 4 aromatic rings. The van der Waals surface area contributed by atoms with E-state index in [1.807, 2.05) is 20.8 Å². The van der Waals surface area contributed by atoms with E-state index >= 15 is 8.78 Å². The molecule has 1 aliphatic heterocycles. The van der Waals surface area contributed by atoms with Crippen molar-refractivity contribution in [2.75, 3.05) is 11.9 Å². The summed E-state index contributed by atoms with van der Waals surface area (Å²) in [6.45, 7) is 6.22. The minimum atomic E-state index is -1.35. The fraction of sp³-hybridized carbons (Fsp3) is 0.289. The van der Waals surface area contributed by atoms with Crippen molar-refractivity contribution in [3.8, 4) is 0 Å². The first kappa shape index (κ1) is 36.9. The van der Waals surface area contributed by atoms with E-state index in [0.29, 0.717) is 17.7 Å². The van der Waals surface area contributed by atoms with Crippen LogP contribution in [0.5, 0.6) is 0 Å². The summed E-state index contributed by atoms with van der Waals surface area (Å²) < 4.78 is 32.7. The molecule has 0 aromatic heterocycles. The van der Waals surface area contributed by atoms with Crippen LogP contribution < -0.4 is 16.0 Å². The number of hydrogen-bond donors (Lipinski definition) is 5. The van der Waals surface area contributed by atoms with E-state index in [1.54, 1.807) is 30.3 Å². The van der Waals surface area contributed by atoms with Crippen molar-refractivity contribution in [1.29, 1.82) is 0 Å². The summed E-state index contributed by atoms with van der Waals surface area (Å²) in [6, 6.07) is 19.0. The zero-order valence-electron chi connectivity index (χ0n) is 27.6. The number of benzene rings is 4. The van der Waals surface area contributed by atoms with Crippen molar-refractivity contribution < 1.29 is 33.4 Å². The average molecular weight is 725 g/mol. The predicted molar refractivity (Wildman–Crippen MR) is 189 cm³/mol. The number of rotatable bonds is 11. The molecule has 8 nitrogen and oxygen atoms in total. The minimum Gasteiger partial charge on any atom is -0.478 e. The maximum atomic E-state index is 16.4. The lowest BCUT2D eigenvalue weighted by atomic mass is 9.61. The Morgan fingerprint density at radius 1 is 0.880 bits per heavy atom. The lowest BCUT2D eigenvalue weighted by molar-refractivity contribution is -0.118. The van der Waals surface area contributed by atoms with E-state index in [4.69, 9.17) is 23.2 Å². The second kappa shape index (κ2) is 14.9. The topological polar surface area (TPSA) is 128 Å². The molecule has 0 bridgehead atoms. The van der Waals surface area contributed by atoms with Crippen molar-refractivity contribution in [2.45, 2.75) is 57.2 Å². The van der Waals surface area contributed by atoms with Gasteiger partial charge in [0.1, 0.15) is 11.6 Å². The highest BCUT2D eigenvalue weighted by Gasteiger charge is 2.60. The number of aromatic carboxylic acids is 2. The summed E-state index contributed by atoms with van der Waals surface area (Å²) in [5.41, 5.74) is -0.339. The molecule has 0 unspecified atom stereocenters. The summed E-state index contributed by atoms with van der Waals surface area (Å²) >= 11 is 12.6. The number of hydrogen-bond acceptors (Lipinski definition) is 5. The Hall–Kier alpha value is -4.35. The third-order valence-corrected chi connectivity index (χ3v) is 9.59. The van der Waals surface area contributed by atoms with E-state index in [1.165, 1.54) is 54.6 Å². The molecule has 1 aliphatic rings. The predicted octanol–water partition coefficient (Wildman–Crippen LogP) is 7.89. The Bertz CT molecular complexity index is 1920. The molecule has 5 N–H and O–H groups in total. The lowest BCUT2D eigenvalue weighted by Gasteiger charge is -2.43. The van der Waals surface area contributed by atoms with Crippen LogP contribution in [0.2, 0.25) is 10.0 Å². The molecule has 50 heavy (non-hydrogen) atoms. The van der Waals surface area contributed by atoms with Crippen molar-refractivity contribution in [2.24, 2.45) is 5.41 Å². The maximum Gasteiger partial charge on any atom is 0.335 e. The summed E-state index contributed by atoms with van der Waals surface area (Å²) in [5.74, 6) is -5.22. The van der Waals surface area contributed by atoms with Crippen LogP contribution in [0.1, 0.15) is 70.5 Å². The van der Waals surface area contributed by atoms with E-state index in [-0.39, 0.29) is 50.8 Å². The van der Waals surface area contributed by atoms with Gasteiger partial charge in [-0.1, -0.05) is 74.3 Å². The molecule has 262 valence electrons. The fourth-order valence-electron chi connectivity index (χ4n) is 6.97. The van der Waals surface area contributed by atoms with E-state index in [9.17, 15) is 24.6 Å². The zero-order valence-corrected chi connectivity index (χ0v) is 29.1. The van der Waals surface area contributed by atoms with Crippen molar-refractivity contribution in [3.63, 3.8) is 0 Å². The van der Waals surface area contributed by atoms with Gasteiger partial charge >= 0.3 is 11.9 Å². The van der Waals surface area contributed by atoms with Crippen molar-refractivity contribution in [3.05, 3.63) is 134 Å². The Morgan fingerprint density at radius 2 is 1.56 bits per heavy atom. The Morgan fingerprint density at radius 3 is 2.20 bits per heavy atom. The number of nitrogens with one attached hydrogen (secondary N) is 3. The van der Waals surface area contributed by atoms with Gasteiger partial charge in [-0.2, -0.15) is 0 Å². The minimum absolute atomic E-state index is 0.0182. The van der Waals surface area contributed by atoms with E-state index < -0.39 is 52.9 Å². The highest BCUT2D eigenvalue weighted by Crippen LogP contribution is 2.53. The quantitative estimate of drug-likeness (QED) is 0.107. The number of halogens is 4. The molecule has 0 saturated carbocycles. The Balaban J connectivity index is 1.69. The number of anilines is 1. The van der Waals surface area contributed by atoms with Crippen LogP contribution in [0.25, 0.3) is 0 Å². The van der Waals surface area contributed by atoms with Gasteiger partial charge in [-0.3, -0.25) is 4.79 Å². The Kier molecular flexibility index (Phi) is 11.0. The van der Waals surface area contributed by atoms with E-state index in [0.717, 1.165) is 0 Å². The van der Waals surface area contributed by atoms with Gasteiger partial charge in [0, 0.05) is 41.2 Å². The largest absolute Gasteiger partial charge is 0.478 e. The standard InChI is InChI=1S/C38H37Cl2F2N3O5/c1-37(2,3)18-30-38(27-15-12-24(39)17-29(27)41,20-43-19-21-6-4-7-23(16-21)36(49)50)31(26-8-5-9-28(40)32(26)42)33(45-30)34(46)44-25-13-10-22(11-14-25)35(47)48/h4-17,30-31,33,43,45H,18-20H2,1-3H3,(H,44,46)(H,47,48)(H,49,50)/t30-,31-,33+,38-/m0/s1. The maximum absolute atomic E-state index is 16.4. The zero-order chi connectivity index (χ0) is 36.4. The molecule has 12 heteroatoms. The van der Waals surface area contributed by atoms with Gasteiger partial charge < -0.3 is 26.2 Å². The lowest BCUT2D eigenvalue weighted by Crippen LogP contribution is -2.51. The molecule has 0 spiro atoms. The fourth-order valence-corrected chi connectivity index (χ4v) is 7.31. The first-order valence-corrected chi connectivity index (χ1v) is 16.7. The number of amides is 1. The molecule has 4 aromatic carbocycles. The first-order chi connectivity index (χ1) is 23.6. The summed E-state index contributed by atoms with van der Waals surface area (Å²) in [7, 11) is 0. The van der Waals surface area contributed by atoms with Gasteiger partial charge in [0.15, 0.2) is 0 Å². The van der Waals surface area contributed by atoms with Gasteiger partial charge in [0.25, 0.3) is 0 Å². The van der Waals surface area contributed by atoms with Crippen molar-refractivity contribution >= 4 is 46.7 Å². The highest BCUT2D eigenvalue weighted by molar-refractivity contribution is 6.31. The van der Waals surface area contributed by atoms with E-state index in [2.05, 4.69) is 16.0 Å². The van der Waals surface area contributed by atoms with Gasteiger partial charge in [0.2, 0.25) is 5.91 Å².